The van der Waals surface area contributed by atoms with Gasteiger partial charge in [0.15, 0.2) is 0 Å². The summed E-state index contributed by atoms with van der Waals surface area (Å²) in [6.45, 7) is 3.35. The van der Waals surface area contributed by atoms with Gasteiger partial charge in [-0.1, -0.05) is 0 Å². The number of rotatable bonds is 5. The first-order valence-corrected chi connectivity index (χ1v) is 5.82. The summed E-state index contributed by atoms with van der Waals surface area (Å²) in [5.74, 6) is -3.30. The molecule has 98 valence electrons. The summed E-state index contributed by atoms with van der Waals surface area (Å²) in [4.78, 5) is 37.4. The molecule has 0 bridgehead atoms. The third kappa shape index (κ3) is 3.52. The lowest BCUT2D eigenvalue weighted by molar-refractivity contribution is -0.145. The minimum absolute atomic E-state index is 0.295. The van der Waals surface area contributed by atoms with Crippen LogP contribution in [-0.2, 0) is 9.59 Å². The second-order valence-electron chi connectivity index (χ2n) is 3.61. The summed E-state index contributed by atoms with van der Waals surface area (Å²) < 4.78 is 0. The monoisotopic (exact) mass is 272 g/mol. The van der Waals surface area contributed by atoms with Crippen molar-refractivity contribution < 1.29 is 24.6 Å². The van der Waals surface area contributed by atoms with Crippen molar-refractivity contribution in [3.8, 4) is 0 Å². The Bertz CT molecular complexity index is 496. The molecule has 0 saturated carbocycles. The first kappa shape index (κ1) is 14.1. The van der Waals surface area contributed by atoms with Gasteiger partial charge in [-0.15, -0.1) is 11.3 Å². The molecule has 18 heavy (non-hydrogen) atoms. The fraction of sp³-hybridized carbons (Fsp3) is 0.400. The maximum atomic E-state index is 11.8. The molecular formula is C10H12N2O5S. The fourth-order valence-corrected chi connectivity index (χ4v) is 2.16. The van der Waals surface area contributed by atoms with Crippen LogP contribution in [0.5, 0.6) is 0 Å². The molecule has 3 N–H and O–H groups in total. The van der Waals surface area contributed by atoms with Gasteiger partial charge in [0.25, 0.3) is 5.91 Å². The zero-order chi connectivity index (χ0) is 13.9. The molecule has 0 aliphatic carbocycles. The van der Waals surface area contributed by atoms with Crippen LogP contribution >= 0.6 is 11.3 Å². The molecule has 0 radical (unpaired) electrons. The van der Waals surface area contributed by atoms with Gasteiger partial charge in [-0.3, -0.25) is 9.59 Å². The molecule has 1 unspecified atom stereocenters. The molecule has 1 heterocycles. The standard InChI is InChI=1S/C10H12N2O5S/c1-4-8(18-5(2)11-4)9(15)12-6(10(16)17)3-7(13)14/h6H,3H2,1-2H3,(H,12,15)(H,13,14)(H,16,17). The first-order valence-electron chi connectivity index (χ1n) is 5.00. The van der Waals surface area contributed by atoms with Crippen molar-refractivity contribution >= 4 is 29.2 Å². The molecular weight excluding hydrogens is 260 g/mol. The lowest BCUT2D eigenvalue weighted by Crippen LogP contribution is -2.42. The molecule has 1 aromatic heterocycles. The number of aliphatic carboxylic acids is 2. The van der Waals surface area contributed by atoms with Crippen LogP contribution in [0.1, 0.15) is 26.8 Å². The van der Waals surface area contributed by atoms with Gasteiger partial charge in [-0.05, 0) is 13.8 Å². The number of hydrogen-bond donors (Lipinski definition) is 3. The van der Waals surface area contributed by atoms with Crippen LogP contribution in [0.2, 0.25) is 0 Å². The Kier molecular flexibility index (Phi) is 4.38. The molecule has 0 aliphatic heterocycles. The summed E-state index contributed by atoms with van der Waals surface area (Å²) >= 11 is 1.13. The number of thiazole rings is 1. The maximum Gasteiger partial charge on any atom is 0.326 e. The van der Waals surface area contributed by atoms with E-state index < -0.39 is 30.3 Å². The predicted molar refractivity (Wildman–Crippen MR) is 62.7 cm³/mol. The highest BCUT2D eigenvalue weighted by molar-refractivity contribution is 7.13. The van der Waals surface area contributed by atoms with Crippen LogP contribution < -0.4 is 5.32 Å². The number of amides is 1. The Balaban J connectivity index is 2.81. The van der Waals surface area contributed by atoms with E-state index in [0.717, 1.165) is 11.3 Å². The number of carbonyl (C=O) groups excluding carboxylic acids is 1. The third-order valence-electron chi connectivity index (χ3n) is 2.09. The molecule has 0 aliphatic rings. The summed E-state index contributed by atoms with van der Waals surface area (Å²) in [6.07, 6.45) is -0.669. The van der Waals surface area contributed by atoms with Crippen LogP contribution in [0.3, 0.4) is 0 Å². The van der Waals surface area contributed by atoms with Gasteiger partial charge in [0.1, 0.15) is 10.9 Å². The summed E-state index contributed by atoms with van der Waals surface area (Å²) in [6, 6.07) is -1.45. The van der Waals surface area contributed by atoms with Crippen LogP contribution in [0.4, 0.5) is 0 Å². The van der Waals surface area contributed by atoms with E-state index in [2.05, 4.69) is 10.3 Å². The highest BCUT2D eigenvalue weighted by Crippen LogP contribution is 2.17. The zero-order valence-corrected chi connectivity index (χ0v) is 10.6. The van der Waals surface area contributed by atoms with Crippen molar-refractivity contribution in [2.45, 2.75) is 26.3 Å². The van der Waals surface area contributed by atoms with Crippen LogP contribution in [0.25, 0.3) is 0 Å². The third-order valence-corrected chi connectivity index (χ3v) is 3.16. The second kappa shape index (κ2) is 5.58. The molecule has 0 fully saturated rings. The SMILES string of the molecule is Cc1nc(C)c(C(=O)NC(CC(=O)O)C(=O)O)s1. The van der Waals surface area contributed by atoms with E-state index in [-0.39, 0.29) is 0 Å². The maximum absolute atomic E-state index is 11.8. The molecule has 1 amide bonds. The van der Waals surface area contributed by atoms with Crippen molar-refractivity contribution in [3.63, 3.8) is 0 Å². The zero-order valence-electron chi connectivity index (χ0n) is 9.76. The minimum Gasteiger partial charge on any atom is -0.481 e. The number of carboxylic acids is 2. The van der Waals surface area contributed by atoms with E-state index >= 15 is 0 Å². The van der Waals surface area contributed by atoms with Crippen LogP contribution in [0.15, 0.2) is 0 Å². The number of aromatic nitrogens is 1. The summed E-state index contributed by atoms with van der Waals surface area (Å²) in [5.41, 5.74) is 0.495. The molecule has 0 aromatic carbocycles. The van der Waals surface area contributed by atoms with Crippen molar-refractivity contribution in [2.75, 3.05) is 0 Å². The summed E-state index contributed by atoms with van der Waals surface area (Å²) in [7, 11) is 0. The number of aryl methyl sites for hydroxylation is 2. The van der Waals surface area contributed by atoms with Crippen molar-refractivity contribution in [1.82, 2.24) is 10.3 Å². The van der Waals surface area contributed by atoms with E-state index in [1.807, 2.05) is 0 Å². The fourth-order valence-electron chi connectivity index (χ4n) is 1.34. The number of nitrogens with one attached hydrogen (secondary N) is 1. The minimum atomic E-state index is -1.45. The smallest absolute Gasteiger partial charge is 0.326 e. The molecule has 0 saturated heterocycles. The van der Waals surface area contributed by atoms with Gasteiger partial charge >= 0.3 is 11.9 Å². The largest absolute Gasteiger partial charge is 0.481 e. The number of hydrogen-bond acceptors (Lipinski definition) is 5. The molecule has 7 nitrogen and oxygen atoms in total. The van der Waals surface area contributed by atoms with E-state index in [1.54, 1.807) is 13.8 Å². The van der Waals surface area contributed by atoms with Gasteiger partial charge in [0.2, 0.25) is 0 Å². The van der Waals surface area contributed by atoms with Gasteiger partial charge in [0.05, 0.1) is 17.1 Å². The van der Waals surface area contributed by atoms with E-state index in [1.165, 1.54) is 0 Å². The molecule has 1 atom stereocenters. The molecule has 1 aromatic rings. The van der Waals surface area contributed by atoms with E-state index in [0.29, 0.717) is 15.6 Å². The van der Waals surface area contributed by atoms with Crippen LogP contribution in [0, 0.1) is 13.8 Å². The normalized spacial score (nSPS) is 11.9. The Morgan fingerprint density at radius 3 is 2.33 bits per heavy atom. The highest BCUT2D eigenvalue weighted by Gasteiger charge is 2.25. The van der Waals surface area contributed by atoms with Crippen molar-refractivity contribution in [3.05, 3.63) is 15.6 Å². The van der Waals surface area contributed by atoms with E-state index in [4.69, 9.17) is 10.2 Å². The molecule has 1 rings (SSSR count). The topological polar surface area (TPSA) is 117 Å². The second-order valence-corrected chi connectivity index (χ2v) is 4.81. The first-order chi connectivity index (χ1) is 8.31. The Hall–Kier alpha value is -1.96. The van der Waals surface area contributed by atoms with Crippen molar-refractivity contribution in [1.29, 1.82) is 0 Å². The molecule has 0 spiro atoms. The van der Waals surface area contributed by atoms with Gasteiger partial charge in [-0.25, -0.2) is 9.78 Å². The van der Waals surface area contributed by atoms with Crippen molar-refractivity contribution in [2.24, 2.45) is 0 Å². The molecule has 8 heteroatoms. The average molecular weight is 272 g/mol. The average Bonchev–Trinajstić information content (AvgIpc) is 2.56. The summed E-state index contributed by atoms with van der Waals surface area (Å²) in [5, 5.41) is 20.2. The van der Waals surface area contributed by atoms with Gasteiger partial charge < -0.3 is 15.5 Å². The lowest BCUT2D eigenvalue weighted by Gasteiger charge is -2.11. The lowest BCUT2D eigenvalue weighted by atomic mass is 10.2. The number of carbonyl (C=O) groups is 3. The van der Waals surface area contributed by atoms with Gasteiger partial charge in [-0.2, -0.15) is 0 Å². The predicted octanol–water partition coefficient (Wildman–Crippen LogP) is 0.418. The Morgan fingerprint density at radius 1 is 1.33 bits per heavy atom. The quantitative estimate of drug-likeness (QED) is 0.715. The van der Waals surface area contributed by atoms with E-state index in [9.17, 15) is 14.4 Å². The highest BCUT2D eigenvalue weighted by atomic mass is 32.1. The number of carboxylic acid groups (broad SMARTS) is 2. The van der Waals surface area contributed by atoms with Gasteiger partial charge in [0, 0.05) is 0 Å². The Labute approximate surface area is 106 Å². The Morgan fingerprint density at radius 2 is 1.94 bits per heavy atom. The number of nitrogens with zero attached hydrogens (tertiary/aromatic N) is 1. The van der Waals surface area contributed by atoms with Crippen LogP contribution in [-0.4, -0.2) is 39.1 Å².